The number of nitrogens with one attached hydrogen (secondary N) is 1. The van der Waals surface area contributed by atoms with Gasteiger partial charge in [0.15, 0.2) is 0 Å². The van der Waals surface area contributed by atoms with E-state index in [0.717, 1.165) is 41.8 Å². The number of anilines is 1. The molecule has 1 amide bonds. The van der Waals surface area contributed by atoms with Crippen molar-refractivity contribution in [3.63, 3.8) is 0 Å². The highest BCUT2D eigenvalue weighted by molar-refractivity contribution is 5.94. The third kappa shape index (κ3) is 2.85. The lowest BCUT2D eigenvalue weighted by atomic mass is 9.92. The molecule has 1 atom stereocenters. The van der Waals surface area contributed by atoms with Crippen LogP contribution in [-0.2, 0) is 16.6 Å². The largest absolute Gasteiger partial charge is 0.333 e. The Bertz CT molecular complexity index is 1180. The molecule has 1 spiro atoms. The molecular weight excluding hydrogens is 376 g/mol. The highest BCUT2D eigenvalue weighted by Crippen LogP contribution is 2.78. The number of aromatic nitrogens is 3. The van der Waals surface area contributed by atoms with Crippen LogP contribution >= 0.6 is 0 Å². The van der Waals surface area contributed by atoms with Crippen LogP contribution in [0, 0.1) is 16.7 Å². The average Bonchev–Trinajstić information content (AvgIpc) is 3.57. The lowest BCUT2D eigenvalue weighted by Crippen LogP contribution is -2.15. The Balaban J connectivity index is 1.35. The molecule has 2 saturated carbocycles. The summed E-state index contributed by atoms with van der Waals surface area (Å²) in [5.41, 5.74) is 1.22. The molecule has 2 aliphatic carbocycles. The third-order valence-electron chi connectivity index (χ3n) is 6.13. The summed E-state index contributed by atoms with van der Waals surface area (Å²) in [6, 6.07) is 10.3. The number of hydrogen-bond donors (Lipinski definition) is 1. The minimum Gasteiger partial charge on any atom is -0.310 e. The Labute approximate surface area is 165 Å². The topological polar surface area (TPSA) is 83.6 Å². The van der Waals surface area contributed by atoms with Gasteiger partial charge >= 0.3 is 6.55 Å². The van der Waals surface area contributed by atoms with Gasteiger partial charge in [-0.05, 0) is 53.3 Å². The molecule has 5 rings (SSSR count). The Hall–Kier alpha value is -3.34. The third-order valence-corrected chi connectivity index (χ3v) is 6.13. The molecule has 29 heavy (non-hydrogen) atoms. The predicted molar refractivity (Wildman–Crippen MR) is 101 cm³/mol. The normalized spacial score (nSPS) is 21.3. The van der Waals surface area contributed by atoms with Crippen molar-refractivity contribution in [3.05, 3.63) is 54.0 Å². The molecule has 0 aliphatic heterocycles. The SMILES string of the molecule is N#CC1(c2ccc3cnc(NC(=O)Cc4cnn(C(F)F)c4)cc3c2)CC12CC2. The number of amides is 1. The van der Waals surface area contributed by atoms with E-state index in [1.807, 2.05) is 18.2 Å². The first kappa shape index (κ1) is 17.7. The number of carbonyl (C=O) groups excluding carboxylic acids is 1. The lowest BCUT2D eigenvalue weighted by molar-refractivity contribution is -0.115. The van der Waals surface area contributed by atoms with E-state index in [2.05, 4.69) is 21.5 Å². The maximum Gasteiger partial charge on any atom is 0.333 e. The van der Waals surface area contributed by atoms with E-state index in [0.29, 0.717) is 16.1 Å². The van der Waals surface area contributed by atoms with Gasteiger partial charge in [-0.25, -0.2) is 9.67 Å². The van der Waals surface area contributed by atoms with Crippen molar-refractivity contribution in [3.8, 4) is 6.07 Å². The van der Waals surface area contributed by atoms with E-state index in [9.17, 15) is 18.8 Å². The number of carbonyl (C=O) groups is 1. The van der Waals surface area contributed by atoms with Crippen molar-refractivity contribution in [2.75, 3.05) is 5.32 Å². The molecular formula is C21H17F2N5O. The van der Waals surface area contributed by atoms with Gasteiger partial charge in [-0.2, -0.15) is 19.1 Å². The number of pyridine rings is 1. The smallest absolute Gasteiger partial charge is 0.310 e. The monoisotopic (exact) mass is 393 g/mol. The van der Waals surface area contributed by atoms with Gasteiger partial charge in [-0.15, -0.1) is 0 Å². The fraction of sp³-hybridized carbons (Fsp3) is 0.333. The standard InChI is InChI=1S/C21H17F2N5O/c22-19(23)28-10-13(8-26-28)5-18(29)27-17-7-15-6-16(2-1-14(15)9-25-17)21(12-24)11-20(21)3-4-20/h1-2,6-10,19H,3-5,11H2,(H,25,27,29). The van der Waals surface area contributed by atoms with Crippen LogP contribution in [0.5, 0.6) is 0 Å². The zero-order chi connectivity index (χ0) is 20.2. The van der Waals surface area contributed by atoms with Crippen LogP contribution in [-0.4, -0.2) is 20.7 Å². The maximum absolute atomic E-state index is 12.6. The summed E-state index contributed by atoms with van der Waals surface area (Å²) in [7, 11) is 0. The summed E-state index contributed by atoms with van der Waals surface area (Å²) < 4.78 is 25.7. The molecule has 0 radical (unpaired) electrons. The van der Waals surface area contributed by atoms with Crippen LogP contribution in [0.4, 0.5) is 14.6 Å². The van der Waals surface area contributed by atoms with Crippen LogP contribution in [0.1, 0.15) is 36.9 Å². The molecule has 2 aromatic heterocycles. The molecule has 1 N–H and O–H groups in total. The maximum atomic E-state index is 12.6. The summed E-state index contributed by atoms with van der Waals surface area (Å²) >= 11 is 0. The van der Waals surface area contributed by atoms with Crippen molar-refractivity contribution < 1.29 is 13.6 Å². The van der Waals surface area contributed by atoms with Gasteiger partial charge in [0.1, 0.15) is 5.82 Å². The first-order valence-electron chi connectivity index (χ1n) is 9.37. The molecule has 8 heteroatoms. The quantitative estimate of drug-likeness (QED) is 0.711. The molecule has 2 aliphatic rings. The second kappa shape index (κ2) is 6.08. The molecule has 2 fully saturated rings. The number of nitriles is 1. The summed E-state index contributed by atoms with van der Waals surface area (Å²) in [4.78, 5) is 16.5. The van der Waals surface area contributed by atoms with E-state index in [1.54, 1.807) is 12.3 Å². The van der Waals surface area contributed by atoms with E-state index < -0.39 is 6.55 Å². The van der Waals surface area contributed by atoms with E-state index >= 15 is 0 Å². The highest BCUT2D eigenvalue weighted by Gasteiger charge is 2.75. The van der Waals surface area contributed by atoms with E-state index in [4.69, 9.17) is 0 Å². The van der Waals surface area contributed by atoms with Crippen LogP contribution in [0.3, 0.4) is 0 Å². The fourth-order valence-corrected chi connectivity index (χ4v) is 4.27. The highest BCUT2D eigenvalue weighted by atomic mass is 19.3. The Morgan fingerprint density at radius 3 is 2.76 bits per heavy atom. The van der Waals surface area contributed by atoms with Crippen LogP contribution in [0.2, 0.25) is 0 Å². The summed E-state index contributed by atoms with van der Waals surface area (Å²) in [6.07, 6.45) is 7.13. The Morgan fingerprint density at radius 2 is 2.10 bits per heavy atom. The number of alkyl halides is 2. The van der Waals surface area contributed by atoms with Gasteiger partial charge in [0, 0.05) is 17.8 Å². The van der Waals surface area contributed by atoms with Crippen LogP contribution in [0.25, 0.3) is 10.8 Å². The first-order chi connectivity index (χ1) is 13.9. The lowest BCUT2D eigenvalue weighted by Gasteiger charge is -2.11. The van der Waals surface area contributed by atoms with Crippen LogP contribution in [0.15, 0.2) is 42.9 Å². The second-order valence-electron chi connectivity index (χ2n) is 7.94. The summed E-state index contributed by atoms with van der Waals surface area (Å²) in [5.74, 6) is 0.0123. The molecule has 3 aromatic rings. The number of nitrogens with zero attached hydrogens (tertiary/aromatic N) is 4. The summed E-state index contributed by atoms with van der Waals surface area (Å²) in [6.45, 7) is -2.74. The minimum atomic E-state index is -2.74. The number of benzene rings is 1. The molecule has 1 unspecified atom stereocenters. The molecule has 0 bridgehead atoms. The zero-order valence-electron chi connectivity index (χ0n) is 15.4. The van der Waals surface area contributed by atoms with Crippen molar-refractivity contribution in [1.29, 1.82) is 5.26 Å². The fourth-order valence-electron chi connectivity index (χ4n) is 4.27. The van der Waals surface area contributed by atoms with Crippen LogP contribution < -0.4 is 5.32 Å². The van der Waals surface area contributed by atoms with E-state index in [1.165, 1.54) is 6.20 Å². The number of halogens is 2. The predicted octanol–water partition coefficient (Wildman–Crippen LogP) is 3.95. The molecule has 6 nitrogen and oxygen atoms in total. The van der Waals surface area contributed by atoms with Crippen molar-refractivity contribution in [2.45, 2.75) is 37.6 Å². The molecule has 0 saturated heterocycles. The van der Waals surface area contributed by atoms with Gasteiger partial charge in [-0.1, -0.05) is 12.1 Å². The van der Waals surface area contributed by atoms with Gasteiger partial charge in [0.25, 0.3) is 0 Å². The van der Waals surface area contributed by atoms with Gasteiger partial charge in [0.05, 0.1) is 24.1 Å². The summed E-state index contributed by atoms with van der Waals surface area (Å²) in [5, 5.41) is 17.8. The Kier molecular flexibility index (Phi) is 3.72. The van der Waals surface area contributed by atoms with Gasteiger partial charge in [-0.3, -0.25) is 4.79 Å². The number of hydrogen-bond acceptors (Lipinski definition) is 4. The van der Waals surface area contributed by atoms with Crippen molar-refractivity contribution in [2.24, 2.45) is 5.41 Å². The minimum absolute atomic E-state index is 0.0768. The van der Waals surface area contributed by atoms with E-state index in [-0.39, 0.29) is 23.2 Å². The zero-order valence-corrected chi connectivity index (χ0v) is 15.4. The van der Waals surface area contributed by atoms with Crippen molar-refractivity contribution in [1.82, 2.24) is 14.8 Å². The number of fused-ring (bicyclic) bond motifs is 1. The van der Waals surface area contributed by atoms with Gasteiger partial charge < -0.3 is 5.32 Å². The van der Waals surface area contributed by atoms with Crippen molar-refractivity contribution >= 4 is 22.5 Å². The van der Waals surface area contributed by atoms with Gasteiger partial charge in [0.2, 0.25) is 5.91 Å². The number of rotatable bonds is 5. The second-order valence-corrected chi connectivity index (χ2v) is 7.94. The Morgan fingerprint density at radius 1 is 1.28 bits per heavy atom. The molecule has 2 heterocycles. The molecule has 1 aromatic carbocycles. The first-order valence-corrected chi connectivity index (χ1v) is 9.37. The average molecular weight is 393 g/mol. The molecule has 146 valence electrons.